The fraction of sp³-hybridized carbons (Fsp3) is 0.154. The molecular formula is C26H22BrNO4. The van der Waals surface area contributed by atoms with E-state index in [2.05, 4.69) is 20.9 Å². The van der Waals surface area contributed by atoms with Gasteiger partial charge >= 0.3 is 5.97 Å². The predicted molar refractivity (Wildman–Crippen MR) is 128 cm³/mol. The standard InChI is InChI=1S/C26H22BrNO4/c1-16-8-10-19(11-9-16)25-28-22(26(29)32-25)13-18-12-21(27)24(23(14-18)30-3)31-15-20-7-5-4-6-17(20)2/h4-14H,15H2,1-3H3/b22-13-. The first-order valence-corrected chi connectivity index (χ1v) is 10.9. The van der Waals surface area contributed by atoms with Gasteiger partial charge in [-0.2, -0.15) is 0 Å². The van der Waals surface area contributed by atoms with Gasteiger partial charge in [-0.25, -0.2) is 9.79 Å². The van der Waals surface area contributed by atoms with E-state index >= 15 is 0 Å². The van der Waals surface area contributed by atoms with E-state index in [4.69, 9.17) is 14.2 Å². The van der Waals surface area contributed by atoms with Gasteiger partial charge in [-0.15, -0.1) is 0 Å². The highest BCUT2D eigenvalue weighted by molar-refractivity contribution is 9.10. The first kappa shape index (κ1) is 21.8. The lowest BCUT2D eigenvalue weighted by Crippen LogP contribution is -2.05. The minimum atomic E-state index is -0.490. The normalized spacial score (nSPS) is 14.3. The molecule has 3 aromatic rings. The van der Waals surface area contributed by atoms with Gasteiger partial charge in [-0.05, 0) is 76.8 Å². The number of carbonyl (C=O) groups excluding carboxylic acids is 1. The second-order valence-corrected chi connectivity index (χ2v) is 8.31. The van der Waals surface area contributed by atoms with E-state index in [-0.39, 0.29) is 5.70 Å². The van der Waals surface area contributed by atoms with Gasteiger partial charge in [-0.1, -0.05) is 42.0 Å². The highest BCUT2D eigenvalue weighted by Crippen LogP contribution is 2.38. The van der Waals surface area contributed by atoms with Crippen molar-refractivity contribution >= 4 is 33.9 Å². The number of methoxy groups -OCH3 is 1. The zero-order valence-electron chi connectivity index (χ0n) is 18.0. The predicted octanol–water partition coefficient (Wildman–Crippen LogP) is 6.00. The van der Waals surface area contributed by atoms with E-state index in [9.17, 15) is 4.79 Å². The van der Waals surface area contributed by atoms with Gasteiger partial charge in [0.25, 0.3) is 0 Å². The largest absolute Gasteiger partial charge is 0.493 e. The van der Waals surface area contributed by atoms with Gasteiger partial charge in [0.05, 0.1) is 11.6 Å². The molecule has 4 rings (SSSR count). The summed E-state index contributed by atoms with van der Waals surface area (Å²) in [6.45, 7) is 4.46. The van der Waals surface area contributed by atoms with Crippen molar-refractivity contribution in [1.82, 2.24) is 0 Å². The lowest BCUT2D eigenvalue weighted by molar-refractivity contribution is -0.129. The van der Waals surface area contributed by atoms with E-state index in [1.165, 1.54) is 0 Å². The van der Waals surface area contributed by atoms with Crippen LogP contribution in [0.15, 0.2) is 75.8 Å². The van der Waals surface area contributed by atoms with Crippen molar-refractivity contribution < 1.29 is 19.0 Å². The Morgan fingerprint density at radius 2 is 1.81 bits per heavy atom. The summed E-state index contributed by atoms with van der Waals surface area (Å²) in [4.78, 5) is 16.7. The van der Waals surface area contributed by atoms with Gasteiger partial charge in [-0.3, -0.25) is 0 Å². The minimum absolute atomic E-state index is 0.225. The van der Waals surface area contributed by atoms with Crippen LogP contribution in [0.5, 0.6) is 11.5 Å². The Balaban J connectivity index is 1.59. The summed E-state index contributed by atoms with van der Waals surface area (Å²) >= 11 is 3.56. The van der Waals surface area contributed by atoms with Gasteiger partial charge in [0.15, 0.2) is 17.2 Å². The number of esters is 1. The Labute approximate surface area is 195 Å². The second-order valence-electron chi connectivity index (χ2n) is 7.45. The number of aryl methyl sites for hydroxylation is 2. The SMILES string of the molecule is COc1cc(/C=C2\N=C(c3ccc(C)cc3)OC2=O)cc(Br)c1OCc1ccccc1C. The van der Waals surface area contributed by atoms with Crippen LogP contribution >= 0.6 is 15.9 Å². The number of benzene rings is 3. The number of nitrogens with zero attached hydrogens (tertiary/aromatic N) is 1. The van der Waals surface area contributed by atoms with Gasteiger partial charge < -0.3 is 14.2 Å². The summed E-state index contributed by atoms with van der Waals surface area (Å²) in [7, 11) is 1.58. The molecule has 0 radical (unpaired) electrons. The van der Waals surface area contributed by atoms with E-state index in [1.807, 2.05) is 68.4 Å². The molecule has 0 bridgehead atoms. The third-order valence-corrected chi connectivity index (χ3v) is 5.70. The van der Waals surface area contributed by atoms with Crippen molar-refractivity contribution in [1.29, 1.82) is 0 Å². The number of aliphatic imine (C=N–C) groups is 1. The lowest BCUT2D eigenvalue weighted by atomic mass is 10.1. The van der Waals surface area contributed by atoms with Crippen molar-refractivity contribution in [2.75, 3.05) is 7.11 Å². The number of rotatable bonds is 6. The Bertz CT molecular complexity index is 1230. The first-order valence-electron chi connectivity index (χ1n) is 10.1. The molecule has 0 amide bonds. The molecule has 162 valence electrons. The van der Waals surface area contributed by atoms with E-state index in [0.29, 0.717) is 28.5 Å². The van der Waals surface area contributed by atoms with Crippen molar-refractivity contribution in [3.8, 4) is 11.5 Å². The third-order valence-electron chi connectivity index (χ3n) is 5.11. The van der Waals surface area contributed by atoms with Gasteiger partial charge in [0.2, 0.25) is 5.90 Å². The third kappa shape index (κ3) is 4.75. The average Bonchev–Trinajstić information content (AvgIpc) is 3.14. The Morgan fingerprint density at radius 3 is 2.53 bits per heavy atom. The molecule has 0 atom stereocenters. The molecule has 1 aliphatic rings. The monoisotopic (exact) mass is 491 g/mol. The molecule has 5 nitrogen and oxygen atoms in total. The second kappa shape index (κ2) is 9.40. The Morgan fingerprint density at radius 1 is 1.06 bits per heavy atom. The molecule has 0 saturated carbocycles. The van der Waals surface area contributed by atoms with Crippen LogP contribution in [0.2, 0.25) is 0 Å². The van der Waals surface area contributed by atoms with E-state index < -0.39 is 5.97 Å². The smallest absolute Gasteiger partial charge is 0.363 e. The summed E-state index contributed by atoms with van der Waals surface area (Å²) in [5.41, 5.74) is 5.09. The van der Waals surface area contributed by atoms with Crippen molar-refractivity contribution in [2.24, 2.45) is 4.99 Å². The molecule has 0 unspecified atom stereocenters. The molecule has 0 fully saturated rings. The van der Waals surface area contributed by atoms with Crippen LogP contribution in [0, 0.1) is 13.8 Å². The summed E-state index contributed by atoms with van der Waals surface area (Å²) in [5, 5.41) is 0. The molecule has 0 saturated heterocycles. The number of hydrogen-bond donors (Lipinski definition) is 0. The summed E-state index contributed by atoms with van der Waals surface area (Å²) in [5.74, 6) is 0.950. The molecule has 0 N–H and O–H groups in total. The van der Waals surface area contributed by atoms with E-state index in [0.717, 1.165) is 27.8 Å². The van der Waals surface area contributed by atoms with Crippen LogP contribution in [-0.4, -0.2) is 19.0 Å². The maximum atomic E-state index is 12.4. The van der Waals surface area contributed by atoms with Gasteiger partial charge in [0.1, 0.15) is 6.61 Å². The minimum Gasteiger partial charge on any atom is -0.493 e. The highest BCUT2D eigenvalue weighted by Gasteiger charge is 2.24. The topological polar surface area (TPSA) is 57.1 Å². The lowest BCUT2D eigenvalue weighted by Gasteiger charge is -2.14. The number of carbonyl (C=O) groups is 1. The molecular weight excluding hydrogens is 470 g/mol. The zero-order valence-corrected chi connectivity index (χ0v) is 19.6. The molecule has 32 heavy (non-hydrogen) atoms. The highest BCUT2D eigenvalue weighted by atomic mass is 79.9. The van der Waals surface area contributed by atoms with Gasteiger partial charge in [0, 0.05) is 5.56 Å². The molecule has 0 aromatic heterocycles. The van der Waals surface area contributed by atoms with Crippen LogP contribution in [-0.2, 0) is 16.1 Å². The van der Waals surface area contributed by atoms with Crippen LogP contribution < -0.4 is 9.47 Å². The summed E-state index contributed by atoms with van der Waals surface area (Å²) < 4.78 is 17.7. The quantitative estimate of drug-likeness (QED) is 0.313. The maximum Gasteiger partial charge on any atom is 0.363 e. The number of hydrogen-bond acceptors (Lipinski definition) is 5. The maximum absolute atomic E-state index is 12.4. The number of ether oxygens (including phenoxy) is 3. The fourth-order valence-corrected chi connectivity index (χ4v) is 3.85. The molecule has 0 aliphatic carbocycles. The Hall–Kier alpha value is -3.38. The fourth-order valence-electron chi connectivity index (χ4n) is 3.27. The summed E-state index contributed by atoms with van der Waals surface area (Å²) in [6.07, 6.45) is 1.67. The first-order chi connectivity index (χ1) is 15.4. The van der Waals surface area contributed by atoms with E-state index in [1.54, 1.807) is 19.3 Å². The molecule has 1 heterocycles. The van der Waals surface area contributed by atoms with Crippen molar-refractivity contribution in [3.05, 3.63) is 98.7 Å². The number of cyclic esters (lactones) is 1. The summed E-state index contributed by atoms with van der Waals surface area (Å²) in [6, 6.07) is 19.4. The number of halogens is 1. The Kier molecular flexibility index (Phi) is 6.42. The van der Waals surface area contributed by atoms with Crippen LogP contribution in [0.1, 0.15) is 27.8 Å². The molecule has 3 aromatic carbocycles. The average molecular weight is 492 g/mol. The van der Waals surface area contributed by atoms with Crippen LogP contribution in [0.3, 0.4) is 0 Å². The van der Waals surface area contributed by atoms with Crippen molar-refractivity contribution in [3.63, 3.8) is 0 Å². The molecule has 6 heteroatoms. The van der Waals surface area contributed by atoms with Crippen LogP contribution in [0.4, 0.5) is 0 Å². The molecule has 0 spiro atoms. The van der Waals surface area contributed by atoms with Crippen LogP contribution in [0.25, 0.3) is 6.08 Å². The zero-order chi connectivity index (χ0) is 22.7. The van der Waals surface area contributed by atoms with Crippen molar-refractivity contribution in [2.45, 2.75) is 20.5 Å². The molecule has 1 aliphatic heterocycles.